The summed E-state index contributed by atoms with van der Waals surface area (Å²) >= 11 is 0. The lowest BCUT2D eigenvalue weighted by atomic mass is 10.0. The average molecular weight is 355 g/mol. The van der Waals surface area contributed by atoms with Crippen molar-refractivity contribution in [2.75, 3.05) is 34.4 Å². The lowest BCUT2D eigenvalue weighted by molar-refractivity contribution is -0.130. The minimum absolute atomic E-state index is 0.206. The number of methoxy groups -OCH3 is 1. The summed E-state index contributed by atoms with van der Waals surface area (Å²) in [5.74, 6) is 0.374. The fourth-order valence-corrected chi connectivity index (χ4v) is 2.49. The molecule has 2 rings (SSSR count). The summed E-state index contributed by atoms with van der Waals surface area (Å²) < 4.78 is 11.0. The quantitative estimate of drug-likeness (QED) is 0.423. The molecule has 0 aliphatic heterocycles. The van der Waals surface area contributed by atoms with Crippen molar-refractivity contribution in [3.05, 3.63) is 59.7 Å². The van der Waals surface area contributed by atoms with Gasteiger partial charge in [-0.3, -0.25) is 0 Å². The number of para-hydroxylation sites is 1. The van der Waals surface area contributed by atoms with Crippen LogP contribution in [-0.4, -0.2) is 50.3 Å². The summed E-state index contributed by atoms with van der Waals surface area (Å²) in [7, 11) is 5.61. The molecule has 0 spiro atoms. The molecule has 0 fully saturated rings. The van der Waals surface area contributed by atoms with Gasteiger partial charge in [0.15, 0.2) is 0 Å². The molecule has 0 radical (unpaired) electrons. The molecule has 5 heteroatoms. The zero-order chi connectivity index (χ0) is 18.9. The fourth-order valence-electron chi connectivity index (χ4n) is 2.49. The second-order valence-electron chi connectivity index (χ2n) is 6.13. The maximum Gasteiger partial charge on any atom is 0.336 e. The number of hydrogen-bond acceptors (Lipinski definition) is 4. The van der Waals surface area contributed by atoms with Crippen molar-refractivity contribution in [1.82, 2.24) is 4.90 Å². The van der Waals surface area contributed by atoms with Gasteiger partial charge in [-0.15, -0.1) is 0 Å². The van der Waals surface area contributed by atoms with E-state index in [1.165, 1.54) is 0 Å². The second kappa shape index (κ2) is 9.63. The van der Waals surface area contributed by atoms with Crippen molar-refractivity contribution in [2.45, 2.75) is 6.42 Å². The largest absolute Gasteiger partial charge is 0.497 e. The number of rotatable bonds is 9. The Morgan fingerprint density at radius 1 is 1.12 bits per heavy atom. The summed E-state index contributed by atoms with van der Waals surface area (Å²) in [6.45, 7) is 1.51. The van der Waals surface area contributed by atoms with Gasteiger partial charge in [-0.25, -0.2) is 4.79 Å². The highest BCUT2D eigenvalue weighted by molar-refractivity contribution is 6.20. The summed E-state index contributed by atoms with van der Waals surface area (Å²) in [5.41, 5.74) is 1.56. The highest BCUT2D eigenvalue weighted by Crippen LogP contribution is 2.26. The third-order valence-electron chi connectivity index (χ3n) is 3.86. The van der Waals surface area contributed by atoms with Gasteiger partial charge in [0, 0.05) is 12.1 Å². The first-order chi connectivity index (χ1) is 12.5. The van der Waals surface area contributed by atoms with Crippen LogP contribution in [0.1, 0.15) is 17.5 Å². The Morgan fingerprint density at radius 2 is 1.81 bits per heavy atom. The van der Waals surface area contributed by atoms with Crippen LogP contribution in [0.15, 0.2) is 48.5 Å². The third-order valence-corrected chi connectivity index (χ3v) is 3.86. The van der Waals surface area contributed by atoms with E-state index in [9.17, 15) is 9.90 Å². The van der Waals surface area contributed by atoms with Crippen LogP contribution in [0.2, 0.25) is 0 Å². The lowest BCUT2D eigenvalue weighted by Crippen LogP contribution is -2.15. The number of carboxylic acid groups (broad SMARTS) is 1. The Kier molecular flexibility index (Phi) is 7.24. The Bertz CT molecular complexity index is 751. The topological polar surface area (TPSA) is 59.0 Å². The minimum atomic E-state index is -0.988. The van der Waals surface area contributed by atoms with Crippen molar-refractivity contribution < 1.29 is 19.4 Å². The molecule has 0 aliphatic rings. The van der Waals surface area contributed by atoms with Gasteiger partial charge in [-0.1, -0.05) is 30.3 Å². The van der Waals surface area contributed by atoms with Crippen LogP contribution in [0, 0.1) is 0 Å². The fraction of sp³-hybridized carbons (Fsp3) is 0.286. The zero-order valence-electron chi connectivity index (χ0n) is 15.4. The molecule has 5 nitrogen and oxygen atoms in total. The maximum absolute atomic E-state index is 11.8. The number of hydrogen-bond donors (Lipinski definition) is 1. The molecular weight excluding hydrogens is 330 g/mol. The van der Waals surface area contributed by atoms with Crippen molar-refractivity contribution in [3.8, 4) is 11.5 Å². The third kappa shape index (κ3) is 5.63. The minimum Gasteiger partial charge on any atom is -0.497 e. The van der Waals surface area contributed by atoms with Crippen molar-refractivity contribution in [3.63, 3.8) is 0 Å². The number of carbonyl (C=O) groups is 1. The first-order valence-electron chi connectivity index (χ1n) is 8.47. The lowest BCUT2D eigenvalue weighted by Gasteiger charge is -2.12. The van der Waals surface area contributed by atoms with E-state index in [-0.39, 0.29) is 5.57 Å². The van der Waals surface area contributed by atoms with E-state index in [4.69, 9.17) is 9.47 Å². The van der Waals surface area contributed by atoms with E-state index in [0.717, 1.165) is 18.5 Å². The zero-order valence-corrected chi connectivity index (χ0v) is 15.4. The average Bonchev–Trinajstić information content (AvgIpc) is 2.64. The second-order valence-corrected chi connectivity index (χ2v) is 6.13. The summed E-state index contributed by atoms with van der Waals surface area (Å²) in [6.07, 6.45) is 2.54. The molecule has 0 amide bonds. The van der Waals surface area contributed by atoms with E-state index in [1.807, 2.05) is 38.4 Å². The van der Waals surface area contributed by atoms with Crippen LogP contribution >= 0.6 is 0 Å². The van der Waals surface area contributed by atoms with E-state index < -0.39 is 5.97 Å². The predicted octanol–water partition coefficient (Wildman–Crippen LogP) is 3.65. The highest BCUT2D eigenvalue weighted by atomic mass is 16.5. The molecule has 0 atom stereocenters. The van der Waals surface area contributed by atoms with Gasteiger partial charge in [0.25, 0.3) is 0 Å². The first-order valence-corrected chi connectivity index (χ1v) is 8.47. The van der Waals surface area contributed by atoms with Crippen LogP contribution in [-0.2, 0) is 4.79 Å². The van der Waals surface area contributed by atoms with Gasteiger partial charge >= 0.3 is 5.97 Å². The number of benzene rings is 2. The molecule has 2 aromatic carbocycles. The SMILES string of the molecule is COc1ccc(/C(=C/c2ccccc2OCCCN(C)C)C(=O)O)cc1. The Labute approximate surface area is 154 Å². The van der Waals surface area contributed by atoms with Crippen LogP contribution in [0.3, 0.4) is 0 Å². The van der Waals surface area contributed by atoms with E-state index in [2.05, 4.69) is 4.90 Å². The standard InChI is InChI=1S/C21H25NO4/c1-22(2)13-6-14-26-20-8-5-4-7-17(20)15-19(21(23)24)16-9-11-18(25-3)12-10-16/h4-5,7-12,15H,6,13-14H2,1-3H3,(H,23,24)/b19-15-. The molecule has 0 aromatic heterocycles. The molecule has 0 heterocycles. The van der Waals surface area contributed by atoms with Crippen LogP contribution in [0.5, 0.6) is 11.5 Å². The summed E-state index contributed by atoms with van der Waals surface area (Å²) in [4.78, 5) is 13.9. The smallest absolute Gasteiger partial charge is 0.336 e. The summed E-state index contributed by atoms with van der Waals surface area (Å²) in [5, 5.41) is 9.63. The van der Waals surface area contributed by atoms with Gasteiger partial charge in [0.2, 0.25) is 0 Å². The van der Waals surface area contributed by atoms with Crippen LogP contribution < -0.4 is 9.47 Å². The van der Waals surface area contributed by atoms with E-state index in [0.29, 0.717) is 23.7 Å². The van der Waals surface area contributed by atoms with Crippen LogP contribution in [0.4, 0.5) is 0 Å². The van der Waals surface area contributed by atoms with Gasteiger partial charge in [-0.05, 0) is 50.4 Å². The van der Waals surface area contributed by atoms with Gasteiger partial charge in [0.05, 0.1) is 19.3 Å². The van der Waals surface area contributed by atoms with E-state index >= 15 is 0 Å². The summed E-state index contributed by atoms with van der Waals surface area (Å²) in [6, 6.07) is 14.4. The number of carboxylic acids is 1. The maximum atomic E-state index is 11.8. The Balaban J connectivity index is 2.24. The normalized spacial score (nSPS) is 11.5. The number of nitrogens with zero attached hydrogens (tertiary/aromatic N) is 1. The van der Waals surface area contributed by atoms with Crippen LogP contribution in [0.25, 0.3) is 11.6 Å². The van der Waals surface area contributed by atoms with Gasteiger partial charge in [0.1, 0.15) is 11.5 Å². The molecule has 1 N–H and O–H groups in total. The molecule has 0 saturated carbocycles. The highest BCUT2D eigenvalue weighted by Gasteiger charge is 2.12. The van der Waals surface area contributed by atoms with Crippen molar-refractivity contribution in [1.29, 1.82) is 0 Å². The molecular formula is C21H25NO4. The molecule has 2 aromatic rings. The monoisotopic (exact) mass is 355 g/mol. The molecule has 0 bridgehead atoms. The number of aliphatic carboxylic acids is 1. The van der Waals surface area contributed by atoms with Gasteiger partial charge < -0.3 is 19.5 Å². The van der Waals surface area contributed by atoms with Gasteiger partial charge in [-0.2, -0.15) is 0 Å². The molecule has 0 unspecified atom stereocenters. The molecule has 138 valence electrons. The Morgan fingerprint density at radius 3 is 2.42 bits per heavy atom. The van der Waals surface area contributed by atoms with E-state index in [1.54, 1.807) is 37.5 Å². The number of ether oxygens (including phenoxy) is 2. The molecule has 0 saturated heterocycles. The predicted molar refractivity (Wildman–Crippen MR) is 104 cm³/mol. The molecule has 26 heavy (non-hydrogen) atoms. The first kappa shape index (κ1) is 19.5. The van der Waals surface area contributed by atoms with Crippen molar-refractivity contribution >= 4 is 17.6 Å². The molecule has 0 aliphatic carbocycles. The Hall–Kier alpha value is -2.79. The van der Waals surface area contributed by atoms with Crippen molar-refractivity contribution in [2.24, 2.45) is 0 Å².